The molecular weight excluding hydrogens is 380 g/mol. The summed E-state index contributed by atoms with van der Waals surface area (Å²) in [6, 6.07) is 11.3. The van der Waals surface area contributed by atoms with E-state index in [9.17, 15) is 18.0 Å². The Labute approximate surface area is 164 Å². The Hall–Kier alpha value is -2.67. The molecule has 1 unspecified atom stereocenters. The fourth-order valence-corrected chi connectivity index (χ4v) is 5.53. The highest BCUT2D eigenvalue weighted by atomic mass is 32.2. The first-order valence-corrected chi connectivity index (χ1v) is 10.6. The van der Waals surface area contributed by atoms with Gasteiger partial charge in [-0.15, -0.1) is 0 Å². The quantitative estimate of drug-likeness (QED) is 0.575. The number of hydrogen-bond donors (Lipinski definition) is 0. The van der Waals surface area contributed by atoms with E-state index in [1.807, 2.05) is 0 Å². The van der Waals surface area contributed by atoms with E-state index in [4.69, 9.17) is 9.47 Å². The molecule has 0 saturated carbocycles. The molecule has 1 aliphatic carbocycles. The normalized spacial score (nSPS) is 16.6. The van der Waals surface area contributed by atoms with Crippen molar-refractivity contribution >= 4 is 21.8 Å². The van der Waals surface area contributed by atoms with Crippen LogP contribution in [0.2, 0.25) is 0 Å². The molecule has 0 fully saturated rings. The van der Waals surface area contributed by atoms with Crippen LogP contribution >= 0.6 is 0 Å². The fourth-order valence-electron chi connectivity index (χ4n) is 3.63. The Morgan fingerprint density at radius 2 is 1.54 bits per heavy atom. The van der Waals surface area contributed by atoms with Crippen molar-refractivity contribution in [1.29, 1.82) is 0 Å². The Morgan fingerprint density at radius 1 is 0.929 bits per heavy atom. The molecule has 28 heavy (non-hydrogen) atoms. The lowest BCUT2D eigenvalue weighted by atomic mass is 9.95. The van der Waals surface area contributed by atoms with Gasteiger partial charge < -0.3 is 9.47 Å². The summed E-state index contributed by atoms with van der Waals surface area (Å²) >= 11 is 0. The molecule has 0 bridgehead atoms. The van der Waals surface area contributed by atoms with Crippen molar-refractivity contribution in [3.8, 4) is 0 Å². The zero-order valence-electron chi connectivity index (χ0n) is 15.8. The first-order valence-electron chi connectivity index (χ1n) is 9.02. The number of carbonyl (C=O) groups is 2. The van der Waals surface area contributed by atoms with Gasteiger partial charge in [-0.2, -0.15) is 0 Å². The van der Waals surface area contributed by atoms with E-state index in [1.165, 1.54) is 20.3 Å². The van der Waals surface area contributed by atoms with E-state index in [0.29, 0.717) is 18.4 Å². The fraction of sp³-hybridized carbons (Fsp3) is 0.333. The summed E-state index contributed by atoms with van der Waals surface area (Å²) in [5, 5.41) is -0.789. The zero-order valence-corrected chi connectivity index (χ0v) is 16.6. The third-order valence-corrected chi connectivity index (χ3v) is 7.21. The first kappa shape index (κ1) is 20.1. The average molecular weight is 402 g/mol. The summed E-state index contributed by atoms with van der Waals surface area (Å²) in [4.78, 5) is 24.7. The molecule has 7 heteroatoms. The lowest BCUT2D eigenvalue weighted by molar-refractivity contribution is 0.0555. The number of aryl methyl sites for hydroxylation is 1. The highest BCUT2D eigenvalue weighted by molar-refractivity contribution is 7.91. The predicted molar refractivity (Wildman–Crippen MR) is 103 cm³/mol. The Balaban J connectivity index is 2.21. The molecule has 0 radical (unpaired) electrons. The van der Waals surface area contributed by atoms with Crippen LogP contribution in [0.1, 0.15) is 56.4 Å². The molecule has 0 aromatic heterocycles. The van der Waals surface area contributed by atoms with Crippen LogP contribution in [0.25, 0.3) is 0 Å². The minimum absolute atomic E-state index is 0.0169. The Morgan fingerprint density at radius 3 is 2.14 bits per heavy atom. The van der Waals surface area contributed by atoms with Crippen molar-refractivity contribution < 1.29 is 27.5 Å². The van der Waals surface area contributed by atoms with Gasteiger partial charge in [-0.1, -0.05) is 24.6 Å². The van der Waals surface area contributed by atoms with Crippen molar-refractivity contribution in [3.63, 3.8) is 0 Å². The van der Waals surface area contributed by atoms with Crippen LogP contribution in [0.5, 0.6) is 0 Å². The smallest absolute Gasteiger partial charge is 0.338 e. The van der Waals surface area contributed by atoms with Gasteiger partial charge in [0.05, 0.1) is 35.5 Å². The topological polar surface area (TPSA) is 86.7 Å². The van der Waals surface area contributed by atoms with E-state index in [0.717, 1.165) is 18.4 Å². The van der Waals surface area contributed by atoms with Gasteiger partial charge in [0.2, 0.25) is 0 Å². The molecule has 1 atom stereocenters. The van der Waals surface area contributed by atoms with E-state index in [-0.39, 0.29) is 16.0 Å². The van der Waals surface area contributed by atoms with E-state index < -0.39 is 27.0 Å². The number of fused-ring (bicyclic) bond motifs is 1. The van der Waals surface area contributed by atoms with Crippen LogP contribution in [0.3, 0.4) is 0 Å². The minimum Gasteiger partial charge on any atom is -0.465 e. The third kappa shape index (κ3) is 3.67. The maximum atomic E-state index is 13.3. The summed E-state index contributed by atoms with van der Waals surface area (Å²) in [5.41, 5.74) is 1.40. The highest BCUT2D eigenvalue weighted by Crippen LogP contribution is 2.39. The van der Waals surface area contributed by atoms with Crippen molar-refractivity contribution in [2.75, 3.05) is 14.2 Å². The number of methoxy groups -OCH3 is 2. The highest BCUT2D eigenvalue weighted by Gasteiger charge is 2.34. The van der Waals surface area contributed by atoms with Gasteiger partial charge in [-0.05, 0) is 54.7 Å². The van der Waals surface area contributed by atoms with Crippen LogP contribution in [0.4, 0.5) is 0 Å². The molecule has 0 saturated heterocycles. The van der Waals surface area contributed by atoms with Gasteiger partial charge in [-0.25, -0.2) is 18.0 Å². The first-order chi connectivity index (χ1) is 13.4. The number of ether oxygens (including phenoxy) is 2. The van der Waals surface area contributed by atoms with Crippen molar-refractivity contribution in [1.82, 2.24) is 0 Å². The summed E-state index contributed by atoms with van der Waals surface area (Å²) in [6.45, 7) is 0. The third-order valence-electron chi connectivity index (χ3n) is 5.05. The molecule has 0 aliphatic heterocycles. The second-order valence-electron chi connectivity index (χ2n) is 6.67. The standard InChI is InChI=1S/C21H22O6S/c1-26-20(22)17-12-14-8-6-7-11-19(16(14)13-18(17)21(23)27-2)28(24,25)15-9-4-3-5-10-15/h3-5,9-10,12-13,19H,6-8,11H2,1-2H3. The van der Waals surface area contributed by atoms with Gasteiger partial charge >= 0.3 is 11.9 Å². The molecule has 148 valence electrons. The van der Waals surface area contributed by atoms with Gasteiger partial charge in [0.25, 0.3) is 0 Å². The Kier molecular flexibility index (Phi) is 5.84. The van der Waals surface area contributed by atoms with Crippen molar-refractivity contribution in [3.05, 3.63) is 64.7 Å². The molecule has 6 nitrogen and oxygen atoms in total. The van der Waals surface area contributed by atoms with Crippen LogP contribution in [-0.4, -0.2) is 34.6 Å². The van der Waals surface area contributed by atoms with E-state index in [2.05, 4.69) is 0 Å². The molecule has 0 heterocycles. The van der Waals surface area contributed by atoms with Gasteiger partial charge in [0.1, 0.15) is 0 Å². The van der Waals surface area contributed by atoms with Gasteiger partial charge in [0, 0.05) is 0 Å². The Bertz CT molecular complexity index is 995. The molecule has 2 aromatic rings. The molecular formula is C21H22O6S. The lowest BCUT2D eigenvalue weighted by Gasteiger charge is -2.20. The van der Waals surface area contributed by atoms with Crippen molar-refractivity contribution in [2.45, 2.75) is 35.8 Å². The molecule has 0 spiro atoms. The maximum Gasteiger partial charge on any atom is 0.338 e. The molecule has 3 rings (SSSR count). The lowest BCUT2D eigenvalue weighted by Crippen LogP contribution is -2.18. The average Bonchev–Trinajstić information content (AvgIpc) is 2.94. The second kappa shape index (κ2) is 8.14. The minimum atomic E-state index is -3.65. The monoisotopic (exact) mass is 402 g/mol. The number of esters is 2. The number of rotatable bonds is 4. The largest absolute Gasteiger partial charge is 0.465 e. The van der Waals surface area contributed by atoms with E-state index in [1.54, 1.807) is 36.4 Å². The van der Waals surface area contributed by atoms with Crippen LogP contribution < -0.4 is 0 Å². The summed E-state index contributed by atoms with van der Waals surface area (Å²) in [7, 11) is -1.21. The van der Waals surface area contributed by atoms with E-state index >= 15 is 0 Å². The van der Waals surface area contributed by atoms with Gasteiger partial charge in [0.15, 0.2) is 9.84 Å². The van der Waals surface area contributed by atoms with Crippen molar-refractivity contribution in [2.24, 2.45) is 0 Å². The SMILES string of the molecule is COC(=O)c1cc2c(cc1C(=O)OC)C(S(=O)(=O)c1ccccc1)CCCC2. The number of sulfone groups is 1. The summed E-state index contributed by atoms with van der Waals surface area (Å²) in [6.07, 6.45) is 2.60. The second-order valence-corrected chi connectivity index (χ2v) is 8.80. The maximum absolute atomic E-state index is 13.3. The van der Waals surface area contributed by atoms with Crippen LogP contribution in [0, 0.1) is 0 Å². The van der Waals surface area contributed by atoms with Crippen LogP contribution in [0.15, 0.2) is 47.4 Å². The number of carbonyl (C=O) groups excluding carboxylic acids is 2. The zero-order chi connectivity index (χ0) is 20.3. The number of hydrogen-bond acceptors (Lipinski definition) is 6. The molecule has 0 N–H and O–H groups in total. The molecule has 1 aliphatic rings. The summed E-state index contributed by atoms with van der Waals surface area (Å²) in [5.74, 6) is -1.36. The number of benzene rings is 2. The molecule has 2 aromatic carbocycles. The van der Waals surface area contributed by atoms with Crippen LogP contribution in [-0.2, 0) is 25.7 Å². The molecule has 0 amide bonds. The summed E-state index contributed by atoms with van der Waals surface area (Å²) < 4.78 is 36.2. The van der Waals surface area contributed by atoms with Gasteiger partial charge in [-0.3, -0.25) is 0 Å². The predicted octanol–water partition coefficient (Wildman–Crippen LogP) is 3.50.